The van der Waals surface area contributed by atoms with Gasteiger partial charge in [0.2, 0.25) is 5.91 Å². The quantitative estimate of drug-likeness (QED) is 0.689. The van der Waals surface area contributed by atoms with E-state index < -0.39 is 0 Å². The number of amides is 2. The second-order valence-electron chi connectivity index (χ2n) is 6.39. The molecule has 4 rings (SSSR count). The number of rotatable bonds is 5. The van der Waals surface area contributed by atoms with Crippen LogP contribution in [-0.2, 0) is 9.59 Å². The Morgan fingerprint density at radius 2 is 1.48 bits per heavy atom. The summed E-state index contributed by atoms with van der Waals surface area (Å²) < 4.78 is 5.75. The largest absolute Gasteiger partial charge is 0.457 e. The molecule has 0 saturated heterocycles. The Kier molecular flexibility index (Phi) is 5.25. The molecule has 3 aromatic carbocycles. The number of nitrogens with one attached hydrogen (secondary N) is 2. The Labute approximate surface area is 168 Å². The van der Waals surface area contributed by atoms with Gasteiger partial charge in [0, 0.05) is 12.1 Å². The summed E-state index contributed by atoms with van der Waals surface area (Å²) in [4.78, 5) is 24.8. The number of nitrogens with zero attached hydrogens (tertiary/aromatic N) is 1. The lowest BCUT2D eigenvalue weighted by Crippen LogP contribution is -2.47. The molecule has 0 spiro atoms. The van der Waals surface area contributed by atoms with Gasteiger partial charge in [-0.05, 0) is 54.6 Å². The molecular weight excluding hydrogens is 366 g/mol. The number of hydrazine groups is 1. The first kappa shape index (κ1) is 18.3. The number of hydrogen-bond donors (Lipinski definition) is 2. The van der Waals surface area contributed by atoms with Crippen LogP contribution in [-0.4, -0.2) is 11.8 Å². The number of ether oxygens (including phenoxy) is 1. The van der Waals surface area contributed by atoms with E-state index in [9.17, 15) is 9.59 Å². The Morgan fingerprint density at radius 3 is 2.17 bits per heavy atom. The fourth-order valence-corrected chi connectivity index (χ4v) is 2.87. The summed E-state index contributed by atoms with van der Waals surface area (Å²) in [7, 11) is 0. The molecule has 1 aliphatic rings. The first-order chi connectivity index (χ1) is 14.2. The normalized spacial score (nSPS) is 13.3. The summed E-state index contributed by atoms with van der Waals surface area (Å²) in [5.74, 6) is 0.960. The van der Waals surface area contributed by atoms with Crippen molar-refractivity contribution in [2.24, 2.45) is 0 Å². The van der Waals surface area contributed by atoms with E-state index in [1.807, 2.05) is 48.5 Å². The molecule has 6 nitrogen and oxygen atoms in total. The summed E-state index contributed by atoms with van der Waals surface area (Å²) in [5, 5.41) is 4.21. The molecule has 0 fully saturated rings. The van der Waals surface area contributed by atoms with Gasteiger partial charge in [-0.1, -0.05) is 36.4 Å². The Bertz CT molecular complexity index is 1030. The number of benzene rings is 3. The van der Waals surface area contributed by atoms with E-state index in [1.165, 1.54) is 5.01 Å². The van der Waals surface area contributed by atoms with Crippen molar-refractivity contribution in [3.63, 3.8) is 0 Å². The summed E-state index contributed by atoms with van der Waals surface area (Å²) in [6.45, 7) is 0. The van der Waals surface area contributed by atoms with Crippen LogP contribution in [0.3, 0.4) is 0 Å². The zero-order valence-electron chi connectivity index (χ0n) is 15.5. The average molecular weight is 385 g/mol. The molecule has 1 aliphatic heterocycles. The van der Waals surface area contributed by atoms with E-state index in [-0.39, 0.29) is 18.2 Å². The van der Waals surface area contributed by atoms with Gasteiger partial charge in [0.1, 0.15) is 17.2 Å². The third-order valence-corrected chi connectivity index (χ3v) is 4.31. The molecule has 0 unspecified atom stereocenters. The zero-order chi connectivity index (χ0) is 20.1. The second-order valence-corrected chi connectivity index (χ2v) is 6.39. The number of para-hydroxylation sites is 2. The van der Waals surface area contributed by atoms with Crippen molar-refractivity contribution in [1.82, 2.24) is 5.43 Å². The first-order valence-corrected chi connectivity index (χ1v) is 9.18. The second kappa shape index (κ2) is 8.31. The highest BCUT2D eigenvalue weighted by Crippen LogP contribution is 2.23. The average Bonchev–Trinajstić information content (AvgIpc) is 2.77. The van der Waals surface area contributed by atoms with Crippen molar-refractivity contribution in [2.75, 3.05) is 10.3 Å². The third-order valence-electron chi connectivity index (χ3n) is 4.31. The molecule has 0 saturated carbocycles. The van der Waals surface area contributed by atoms with Crippen LogP contribution in [0.15, 0.2) is 96.7 Å². The maximum Gasteiger partial charge on any atom is 0.273 e. The van der Waals surface area contributed by atoms with Crippen LogP contribution in [0.25, 0.3) is 0 Å². The van der Waals surface area contributed by atoms with Gasteiger partial charge in [0.15, 0.2) is 0 Å². The van der Waals surface area contributed by atoms with Gasteiger partial charge in [0.25, 0.3) is 5.91 Å². The summed E-state index contributed by atoms with van der Waals surface area (Å²) in [6, 6.07) is 25.7. The Morgan fingerprint density at radius 1 is 0.862 bits per heavy atom. The van der Waals surface area contributed by atoms with Crippen LogP contribution in [0.1, 0.15) is 6.42 Å². The minimum atomic E-state index is -0.324. The van der Waals surface area contributed by atoms with Crippen molar-refractivity contribution in [2.45, 2.75) is 6.42 Å². The summed E-state index contributed by atoms with van der Waals surface area (Å²) >= 11 is 0. The third kappa shape index (κ3) is 4.44. The van der Waals surface area contributed by atoms with Gasteiger partial charge < -0.3 is 10.1 Å². The molecule has 29 heavy (non-hydrogen) atoms. The van der Waals surface area contributed by atoms with Crippen molar-refractivity contribution in [3.05, 3.63) is 96.7 Å². The lowest BCUT2D eigenvalue weighted by atomic mass is 10.2. The minimum absolute atomic E-state index is 0.129. The molecule has 0 radical (unpaired) electrons. The Balaban J connectivity index is 1.40. The van der Waals surface area contributed by atoms with Gasteiger partial charge in [-0.15, -0.1) is 0 Å². The smallest absolute Gasteiger partial charge is 0.273 e. The van der Waals surface area contributed by atoms with Crippen LogP contribution in [0.5, 0.6) is 11.5 Å². The predicted octanol–water partition coefficient (Wildman–Crippen LogP) is 4.24. The molecule has 0 aliphatic carbocycles. The van der Waals surface area contributed by atoms with Crippen molar-refractivity contribution in [1.29, 1.82) is 0 Å². The van der Waals surface area contributed by atoms with E-state index in [0.29, 0.717) is 22.8 Å². The Hall–Kier alpha value is -4.06. The molecule has 144 valence electrons. The molecule has 2 amide bonds. The topological polar surface area (TPSA) is 70.7 Å². The standard InChI is InChI=1S/C23H19N3O3/c27-22-16-15-21(25-26(22)18-7-3-1-4-8-18)23(28)24-17-11-13-20(14-12-17)29-19-9-5-2-6-10-19/h1-15,25H,16H2,(H,24,28). The highest BCUT2D eigenvalue weighted by atomic mass is 16.5. The maximum absolute atomic E-state index is 12.6. The maximum atomic E-state index is 12.6. The molecule has 0 aromatic heterocycles. The van der Waals surface area contributed by atoms with E-state index >= 15 is 0 Å². The molecule has 6 heteroatoms. The number of anilines is 2. The zero-order valence-corrected chi connectivity index (χ0v) is 15.5. The van der Waals surface area contributed by atoms with E-state index in [2.05, 4.69) is 10.7 Å². The predicted molar refractivity (Wildman–Crippen MR) is 111 cm³/mol. The van der Waals surface area contributed by atoms with Gasteiger partial charge in [-0.25, -0.2) is 5.01 Å². The van der Waals surface area contributed by atoms with Gasteiger partial charge >= 0.3 is 0 Å². The highest BCUT2D eigenvalue weighted by Gasteiger charge is 2.24. The van der Waals surface area contributed by atoms with Crippen LogP contribution < -0.4 is 20.5 Å². The number of hydrogen-bond acceptors (Lipinski definition) is 4. The highest BCUT2D eigenvalue weighted by molar-refractivity contribution is 6.06. The fraction of sp³-hybridized carbons (Fsp3) is 0.0435. The molecule has 1 heterocycles. The van der Waals surface area contributed by atoms with Gasteiger partial charge in [-0.3, -0.25) is 15.0 Å². The number of carbonyl (C=O) groups is 2. The van der Waals surface area contributed by atoms with Crippen LogP contribution >= 0.6 is 0 Å². The summed E-state index contributed by atoms with van der Waals surface area (Å²) in [6.07, 6.45) is 1.73. The molecular formula is C23H19N3O3. The van der Waals surface area contributed by atoms with Crippen molar-refractivity contribution in [3.8, 4) is 11.5 Å². The van der Waals surface area contributed by atoms with E-state index in [1.54, 1.807) is 42.5 Å². The van der Waals surface area contributed by atoms with Crippen LogP contribution in [0.4, 0.5) is 11.4 Å². The van der Waals surface area contributed by atoms with Crippen molar-refractivity contribution >= 4 is 23.2 Å². The summed E-state index contributed by atoms with van der Waals surface area (Å²) in [5.41, 5.74) is 4.51. The van der Waals surface area contributed by atoms with E-state index in [4.69, 9.17) is 4.74 Å². The molecule has 3 aromatic rings. The van der Waals surface area contributed by atoms with Crippen LogP contribution in [0.2, 0.25) is 0 Å². The fourth-order valence-electron chi connectivity index (χ4n) is 2.87. The lowest BCUT2D eigenvalue weighted by molar-refractivity contribution is -0.119. The monoisotopic (exact) mass is 385 g/mol. The molecule has 2 N–H and O–H groups in total. The van der Waals surface area contributed by atoms with Gasteiger partial charge in [0.05, 0.1) is 5.69 Å². The minimum Gasteiger partial charge on any atom is -0.457 e. The van der Waals surface area contributed by atoms with Crippen LogP contribution in [0, 0.1) is 0 Å². The molecule has 0 bridgehead atoms. The lowest BCUT2D eigenvalue weighted by Gasteiger charge is -2.28. The first-order valence-electron chi connectivity index (χ1n) is 9.18. The van der Waals surface area contributed by atoms with Crippen molar-refractivity contribution < 1.29 is 14.3 Å². The number of carbonyl (C=O) groups excluding carboxylic acids is 2. The van der Waals surface area contributed by atoms with E-state index in [0.717, 1.165) is 5.75 Å². The van der Waals surface area contributed by atoms with Gasteiger partial charge in [-0.2, -0.15) is 0 Å². The molecule has 0 atom stereocenters. The SMILES string of the molecule is O=C(Nc1ccc(Oc2ccccc2)cc1)C1=CCC(=O)N(c2ccccc2)N1.